The lowest BCUT2D eigenvalue weighted by molar-refractivity contribution is -0.144. The van der Waals surface area contributed by atoms with Crippen LogP contribution in [0.15, 0.2) is 11.6 Å². The highest BCUT2D eigenvalue weighted by Gasteiger charge is 2.11. The maximum Gasteiger partial charge on any atom is 0.305 e. The fourth-order valence-corrected chi connectivity index (χ4v) is 1.83. The van der Waals surface area contributed by atoms with Crippen molar-refractivity contribution in [2.45, 2.75) is 84.6 Å². The van der Waals surface area contributed by atoms with Crippen LogP contribution in [0.5, 0.6) is 0 Å². The van der Waals surface area contributed by atoms with Crippen molar-refractivity contribution in [3.05, 3.63) is 11.6 Å². The molecule has 20 heavy (non-hydrogen) atoms. The van der Waals surface area contributed by atoms with Crippen molar-refractivity contribution in [2.75, 3.05) is 6.61 Å². The highest BCUT2D eigenvalue weighted by atomic mass is 16.5. The first-order chi connectivity index (χ1) is 9.31. The molecular weight excluding hydrogens is 250 g/mol. The van der Waals surface area contributed by atoms with Gasteiger partial charge in [0.15, 0.2) is 0 Å². The normalized spacial score (nSPS) is 11.2. The van der Waals surface area contributed by atoms with Crippen LogP contribution in [0.2, 0.25) is 0 Å². The van der Waals surface area contributed by atoms with E-state index in [1.807, 2.05) is 13.8 Å². The molecule has 0 fully saturated rings. The summed E-state index contributed by atoms with van der Waals surface area (Å²) in [5, 5.41) is 0. The van der Waals surface area contributed by atoms with Crippen molar-refractivity contribution < 1.29 is 9.53 Å². The zero-order valence-electron chi connectivity index (χ0n) is 13.8. The standard InChI is InChI=1S/C17H33NO2/c1-15(2)11-9-7-5-6-8-10-12-16(19)20-14-13-17(3,4)18/h11H,5-10,12-14,18H2,1-4H3. The molecule has 0 aliphatic rings. The highest BCUT2D eigenvalue weighted by molar-refractivity contribution is 5.69. The molecule has 2 N–H and O–H groups in total. The number of carbonyl (C=O) groups excluding carboxylic acids is 1. The smallest absolute Gasteiger partial charge is 0.305 e. The van der Waals surface area contributed by atoms with Crippen LogP contribution < -0.4 is 5.73 Å². The monoisotopic (exact) mass is 283 g/mol. The number of hydrogen-bond donors (Lipinski definition) is 1. The van der Waals surface area contributed by atoms with Crippen LogP contribution in [-0.2, 0) is 9.53 Å². The van der Waals surface area contributed by atoms with E-state index in [0.717, 1.165) is 12.8 Å². The predicted molar refractivity (Wildman–Crippen MR) is 85.6 cm³/mol. The largest absolute Gasteiger partial charge is 0.466 e. The molecule has 0 aliphatic heterocycles. The number of hydrogen-bond acceptors (Lipinski definition) is 3. The van der Waals surface area contributed by atoms with E-state index in [1.165, 1.54) is 31.3 Å². The van der Waals surface area contributed by atoms with E-state index < -0.39 is 0 Å². The van der Waals surface area contributed by atoms with Crippen LogP contribution in [0, 0.1) is 0 Å². The maximum atomic E-state index is 11.5. The topological polar surface area (TPSA) is 52.3 Å². The van der Waals surface area contributed by atoms with Crippen LogP contribution >= 0.6 is 0 Å². The molecule has 3 nitrogen and oxygen atoms in total. The fourth-order valence-electron chi connectivity index (χ4n) is 1.83. The van der Waals surface area contributed by atoms with E-state index in [9.17, 15) is 4.79 Å². The van der Waals surface area contributed by atoms with Gasteiger partial charge in [-0.1, -0.05) is 30.9 Å². The first-order valence-corrected chi connectivity index (χ1v) is 7.89. The third-order valence-electron chi connectivity index (χ3n) is 3.15. The molecule has 0 aromatic rings. The number of unbranched alkanes of at least 4 members (excludes halogenated alkanes) is 5. The number of ether oxygens (including phenoxy) is 1. The van der Waals surface area contributed by atoms with Gasteiger partial charge in [-0.05, 0) is 53.4 Å². The summed E-state index contributed by atoms with van der Waals surface area (Å²) in [7, 11) is 0. The molecule has 0 saturated heterocycles. The molecule has 118 valence electrons. The lowest BCUT2D eigenvalue weighted by Gasteiger charge is -2.17. The molecule has 0 saturated carbocycles. The van der Waals surface area contributed by atoms with E-state index in [2.05, 4.69) is 19.9 Å². The minimum absolute atomic E-state index is 0.0845. The minimum atomic E-state index is -0.258. The van der Waals surface area contributed by atoms with Gasteiger partial charge in [0, 0.05) is 12.0 Å². The van der Waals surface area contributed by atoms with E-state index in [-0.39, 0.29) is 11.5 Å². The number of nitrogens with two attached hydrogens (primary N) is 1. The second-order valence-electron chi connectivity index (χ2n) is 6.55. The highest BCUT2D eigenvalue weighted by Crippen LogP contribution is 2.09. The Morgan fingerprint density at radius 3 is 2.30 bits per heavy atom. The van der Waals surface area contributed by atoms with E-state index >= 15 is 0 Å². The average molecular weight is 283 g/mol. The van der Waals surface area contributed by atoms with Crippen molar-refractivity contribution in [1.82, 2.24) is 0 Å². The van der Waals surface area contributed by atoms with Gasteiger partial charge in [0.25, 0.3) is 0 Å². The molecule has 0 spiro atoms. The zero-order chi connectivity index (χ0) is 15.4. The van der Waals surface area contributed by atoms with Crippen molar-refractivity contribution in [3.8, 4) is 0 Å². The second-order valence-corrected chi connectivity index (χ2v) is 6.55. The molecule has 3 heteroatoms. The summed E-state index contributed by atoms with van der Waals surface area (Å²) in [5.41, 5.74) is 6.96. The zero-order valence-corrected chi connectivity index (χ0v) is 13.8. The summed E-state index contributed by atoms with van der Waals surface area (Å²) in [6, 6.07) is 0. The van der Waals surface area contributed by atoms with E-state index in [1.54, 1.807) is 0 Å². The summed E-state index contributed by atoms with van der Waals surface area (Å²) >= 11 is 0. The lowest BCUT2D eigenvalue weighted by Crippen LogP contribution is -2.33. The molecule has 0 rings (SSSR count). The summed E-state index contributed by atoms with van der Waals surface area (Å²) in [5.74, 6) is -0.0845. The van der Waals surface area contributed by atoms with Gasteiger partial charge in [-0.25, -0.2) is 0 Å². The summed E-state index contributed by atoms with van der Waals surface area (Å²) in [4.78, 5) is 11.5. The van der Waals surface area contributed by atoms with Gasteiger partial charge in [0.1, 0.15) is 0 Å². The Bertz CT molecular complexity index is 286. The number of carbonyl (C=O) groups is 1. The first kappa shape index (κ1) is 19.2. The van der Waals surface area contributed by atoms with Gasteiger partial charge in [0.05, 0.1) is 6.61 Å². The Labute approximate surface area is 125 Å². The maximum absolute atomic E-state index is 11.5. The number of esters is 1. The predicted octanol–water partition coefficient (Wildman–Crippen LogP) is 4.35. The van der Waals surface area contributed by atoms with E-state index in [0.29, 0.717) is 19.4 Å². The van der Waals surface area contributed by atoms with E-state index in [4.69, 9.17) is 10.5 Å². The SMILES string of the molecule is CC(C)=CCCCCCCCC(=O)OCCC(C)(C)N. The molecule has 0 atom stereocenters. The van der Waals surface area contributed by atoms with Gasteiger partial charge in [-0.15, -0.1) is 0 Å². The molecule has 0 aromatic carbocycles. The molecule has 0 amide bonds. The van der Waals surface area contributed by atoms with Crippen LogP contribution in [-0.4, -0.2) is 18.1 Å². The van der Waals surface area contributed by atoms with Gasteiger partial charge >= 0.3 is 5.97 Å². The van der Waals surface area contributed by atoms with Crippen LogP contribution in [0.25, 0.3) is 0 Å². The summed E-state index contributed by atoms with van der Waals surface area (Å²) in [6.45, 7) is 8.59. The third-order valence-corrected chi connectivity index (χ3v) is 3.15. The van der Waals surface area contributed by atoms with Gasteiger partial charge in [-0.3, -0.25) is 4.79 Å². The molecule has 0 aromatic heterocycles. The first-order valence-electron chi connectivity index (χ1n) is 7.89. The molecular formula is C17H33NO2. The summed E-state index contributed by atoms with van der Waals surface area (Å²) < 4.78 is 5.16. The Kier molecular flexibility index (Phi) is 10.4. The Morgan fingerprint density at radius 1 is 1.10 bits per heavy atom. The Morgan fingerprint density at radius 2 is 1.70 bits per heavy atom. The quantitative estimate of drug-likeness (QED) is 0.348. The minimum Gasteiger partial charge on any atom is -0.466 e. The summed E-state index contributed by atoms with van der Waals surface area (Å²) in [6.07, 6.45) is 10.5. The van der Waals surface area contributed by atoms with Crippen LogP contribution in [0.4, 0.5) is 0 Å². The van der Waals surface area contributed by atoms with Crippen LogP contribution in [0.1, 0.15) is 79.1 Å². The van der Waals surface area contributed by atoms with Gasteiger partial charge in [0.2, 0.25) is 0 Å². The van der Waals surface area contributed by atoms with Gasteiger partial charge < -0.3 is 10.5 Å². The third kappa shape index (κ3) is 15.2. The molecule has 0 heterocycles. The lowest BCUT2D eigenvalue weighted by atomic mass is 10.0. The Hall–Kier alpha value is -0.830. The molecule has 0 radical (unpaired) electrons. The molecule has 0 bridgehead atoms. The molecule has 0 aliphatic carbocycles. The Balaban J connectivity index is 3.34. The van der Waals surface area contributed by atoms with Gasteiger partial charge in [-0.2, -0.15) is 0 Å². The molecule has 0 unspecified atom stereocenters. The fraction of sp³-hybridized carbons (Fsp3) is 0.824. The van der Waals surface area contributed by atoms with Crippen LogP contribution in [0.3, 0.4) is 0 Å². The average Bonchev–Trinajstić information content (AvgIpc) is 2.30. The second kappa shape index (κ2) is 10.9. The van der Waals surface area contributed by atoms with Crippen molar-refractivity contribution >= 4 is 5.97 Å². The van der Waals surface area contributed by atoms with Crippen molar-refractivity contribution in [1.29, 1.82) is 0 Å². The van der Waals surface area contributed by atoms with Crippen molar-refractivity contribution in [3.63, 3.8) is 0 Å². The number of rotatable bonds is 11. The van der Waals surface area contributed by atoms with Crippen molar-refractivity contribution in [2.24, 2.45) is 5.73 Å². The number of allylic oxidation sites excluding steroid dienone is 2.